The Bertz CT molecular complexity index is 757. The zero-order valence-corrected chi connectivity index (χ0v) is 20.6. The lowest BCUT2D eigenvalue weighted by Crippen LogP contribution is -2.71. The molecule has 216 valence electrons. The van der Waals surface area contributed by atoms with E-state index in [1.54, 1.807) is 7.05 Å². The van der Waals surface area contributed by atoms with Crippen LogP contribution in [0.2, 0.25) is 0 Å². The lowest BCUT2D eigenvalue weighted by atomic mass is 9.84. The predicted molar refractivity (Wildman–Crippen MR) is 125 cm³/mol. The number of aliphatic hydroxyl groups excluding tert-OH is 5. The van der Waals surface area contributed by atoms with Gasteiger partial charge in [-0.25, -0.2) is 0 Å². The van der Waals surface area contributed by atoms with E-state index in [0.29, 0.717) is 0 Å². The summed E-state index contributed by atoms with van der Waals surface area (Å²) in [5.41, 5.74) is 30.1. The molecule has 9 unspecified atom stereocenters. The third kappa shape index (κ3) is 5.66. The molecule has 0 bridgehead atoms. The first-order valence-corrected chi connectivity index (χ1v) is 12.5. The van der Waals surface area contributed by atoms with Crippen LogP contribution in [0.5, 0.6) is 0 Å². The van der Waals surface area contributed by atoms with Crippen molar-refractivity contribution in [1.29, 1.82) is 0 Å². The highest BCUT2D eigenvalue weighted by atomic mass is 16.8. The first-order valence-electron chi connectivity index (χ1n) is 12.5. The van der Waals surface area contributed by atoms with E-state index in [9.17, 15) is 25.5 Å². The second-order valence-corrected chi connectivity index (χ2v) is 10.4. The lowest BCUT2D eigenvalue weighted by Gasteiger charge is -2.51. The zero-order valence-electron chi connectivity index (χ0n) is 20.6. The Hall–Kier alpha value is -0.640. The van der Waals surface area contributed by atoms with E-state index in [1.807, 2.05) is 0 Å². The van der Waals surface area contributed by atoms with Gasteiger partial charge in [0.1, 0.15) is 30.5 Å². The molecule has 4 aliphatic rings. The Kier molecular flexibility index (Phi) is 9.40. The predicted octanol–water partition coefficient (Wildman–Crippen LogP) is -6.98. The maximum Gasteiger partial charge on any atom is 0.179 e. The van der Waals surface area contributed by atoms with Gasteiger partial charge in [-0.1, -0.05) is 0 Å². The summed E-state index contributed by atoms with van der Waals surface area (Å²) in [5.74, 6) is 0. The van der Waals surface area contributed by atoms with Crippen LogP contribution in [0.3, 0.4) is 0 Å². The summed E-state index contributed by atoms with van der Waals surface area (Å²) < 4.78 is 29.5. The maximum absolute atomic E-state index is 11.2. The van der Waals surface area contributed by atoms with Gasteiger partial charge >= 0.3 is 0 Å². The van der Waals surface area contributed by atoms with Gasteiger partial charge < -0.3 is 83.2 Å². The first kappa shape index (κ1) is 29.3. The molecule has 1 aliphatic carbocycles. The number of nitrogens with two attached hydrogens (primary N) is 5. The van der Waals surface area contributed by atoms with Crippen molar-refractivity contribution in [2.24, 2.45) is 28.7 Å². The molecule has 37 heavy (non-hydrogen) atoms. The zero-order chi connectivity index (χ0) is 27.2. The molecule has 0 spiro atoms. The third-order valence-electron chi connectivity index (χ3n) is 7.82. The van der Waals surface area contributed by atoms with E-state index in [2.05, 4.69) is 5.32 Å². The van der Waals surface area contributed by atoms with Crippen molar-refractivity contribution >= 4 is 0 Å². The van der Waals surface area contributed by atoms with Gasteiger partial charge in [-0.05, 0) is 19.9 Å². The maximum atomic E-state index is 11.2. The highest BCUT2D eigenvalue weighted by Crippen LogP contribution is 2.35. The molecule has 3 aliphatic heterocycles. The summed E-state index contributed by atoms with van der Waals surface area (Å²) >= 11 is 0. The van der Waals surface area contributed by atoms with Gasteiger partial charge in [-0.2, -0.15) is 0 Å². The van der Waals surface area contributed by atoms with Gasteiger partial charge in [0.05, 0.1) is 49.1 Å². The SMILES string of the molecule is CNC1C(O[C@H]2OC(CO)[C@@H](N)[C@H](O)C2N)O[C@H]2CC(N)[C@@H](O[C@@H]3C(N)C[C@@H](N)C(O)[C@H]3O)OC2C1O. The molecule has 17 atom stereocenters. The normalized spacial score (nSPS) is 55.1. The largest absolute Gasteiger partial charge is 0.394 e. The molecule has 16 nitrogen and oxygen atoms in total. The lowest BCUT2D eigenvalue weighted by molar-refractivity contribution is -0.363. The molecular formula is C21H42N6O10. The fraction of sp³-hybridized carbons (Fsp3) is 1.00. The topological polar surface area (TPSA) is 289 Å². The molecule has 0 aromatic carbocycles. The third-order valence-corrected chi connectivity index (χ3v) is 7.82. The van der Waals surface area contributed by atoms with Gasteiger partial charge in [-0.3, -0.25) is 0 Å². The van der Waals surface area contributed by atoms with Crippen LogP contribution in [-0.2, 0) is 23.7 Å². The monoisotopic (exact) mass is 538 g/mol. The molecular weight excluding hydrogens is 496 g/mol. The summed E-state index contributed by atoms with van der Waals surface area (Å²) in [4.78, 5) is 0. The summed E-state index contributed by atoms with van der Waals surface area (Å²) in [6.45, 7) is -0.453. The Labute approximate surface area is 214 Å². The minimum Gasteiger partial charge on any atom is -0.394 e. The van der Waals surface area contributed by atoms with Crippen molar-refractivity contribution in [3.63, 3.8) is 0 Å². The van der Waals surface area contributed by atoms with E-state index in [1.165, 1.54) is 0 Å². The molecule has 16 heteroatoms. The van der Waals surface area contributed by atoms with Gasteiger partial charge in [0.15, 0.2) is 18.9 Å². The van der Waals surface area contributed by atoms with Crippen molar-refractivity contribution in [3.8, 4) is 0 Å². The second-order valence-electron chi connectivity index (χ2n) is 10.4. The van der Waals surface area contributed by atoms with E-state index >= 15 is 0 Å². The number of ether oxygens (including phenoxy) is 5. The molecule has 0 aromatic rings. The van der Waals surface area contributed by atoms with Gasteiger partial charge in [0.2, 0.25) is 0 Å². The highest BCUT2D eigenvalue weighted by Gasteiger charge is 2.54. The molecule has 4 fully saturated rings. The van der Waals surface area contributed by atoms with Crippen molar-refractivity contribution in [2.45, 2.75) is 117 Å². The Balaban J connectivity index is 1.43. The van der Waals surface area contributed by atoms with Crippen molar-refractivity contribution < 1.29 is 49.2 Å². The standard InChI is InChI=1S/C21H42N6O10/c1-27-12-15(31)18-8(33-21(12)37-20-11(26)14(30)10(25)9(4-28)34-20)3-7(24)19(36-18)35-17-6(23)2-5(22)13(29)16(17)32/h5-21,27-32H,2-4,22-26H2,1H3/t5-,6?,7?,8+,9?,10-,11?,12?,13?,14+,15?,16-,17-,18?,19+,20-,21?/m1/s1. The summed E-state index contributed by atoms with van der Waals surface area (Å²) in [5, 5.41) is 54.6. The van der Waals surface area contributed by atoms with Crippen molar-refractivity contribution in [1.82, 2.24) is 5.32 Å². The van der Waals surface area contributed by atoms with Crippen LogP contribution in [0.1, 0.15) is 12.8 Å². The Morgan fingerprint density at radius 1 is 0.730 bits per heavy atom. The van der Waals surface area contributed by atoms with Crippen LogP contribution in [0.15, 0.2) is 0 Å². The number of aliphatic hydroxyl groups is 5. The number of rotatable bonds is 6. The quantitative estimate of drug-likeness (QED) is 0.150. The summed E-state index contributed by atoms with van der Waals surface area (Å²) in [7, 11) is 1.58. The molecule has 3 heterocycles. The van der Waals surface area contributed by atoms with Crippen LogP contribution in [0, 0.1) is 0 Å². The minimum absolute atomic E-state index is 0.188. The van der Waals surface area contributed by atoms with E-state index in [0.717, 1.165) is 0 Å². The van der Waals surface area contributed by atoms with E-state index in [4.69, 9.17) is 52.4 Å². The van der Waals surface area contributed by atoms with Crippen LogP contribution in [0.25, 0.3) is 0 Å². The summed E-state index contributed by atoms with van der Waals surface area (Å²) in [6.07, 6.45) is -11.4. The smallest absolute Gasteiger partial charge is 0.179 e. The van der Waals surface area contributed by atoms with Gasteiger partial charge in [0, 0.05) is 12.1 Å². The molecule has 3 saturated heterocycles. The molecule has 0 amide bonds. The average molecular weight is 539 g/mol. The molecule has 16 N–H and O–H groups in total. The summed E-state index contributed by atoms with van der Waals surface area (Å²) in [6, 6.07) is -4.86. The van der Waals surface area contributed by atoms with Crippen LogP contribution >= 0.6 is 0 Å². The second kappa shape index (κ2) is 11.8. The van der Waals surface area contributed by atoms with E-state index < -0.39 is 111 Å². The van der Waals surface area contributed by atoms with Crippen LogP contribution in [0.4, 0.5) is 0 Å². The molecule has 1 saturated carbocycles. The van der Waals surface area contributed by atoms with Gasteiger partial charge in [0.25, 0.3) is 0 Å². The first-order chi connectivity index (χ1) is 17.5. The number of hydrogen-bond donors (Lipinski definition) is 11. The molecule has 4 rings (SSSR count). The van der Waals surface area contributed by atoms with Crippen molar-refractivity contribution in [2.75, 3.05) is 13.7 Å². The molecule has 0 aromatic heterocycles. The highest BCUT2D eigenvalue weighted by molar-refractivity contribution is 5.02. The van der Waals surface area contributed by atoms with Crippen molar-refractivity contribution in [3.05, 3.63) is 0 Å². The average Bonchev–Trinajstić information content (AvgIpc) is 2.86. The minimum atomic E-state index is -1.34. The van der Waals surface area contributed by atoms with Crippen LogP contribution in [-0.4, -0.2) is 143 Å². The van der Waals surface area contributed by atoms with Gasteiger partial charge in [-0.15, -0.1) is 0 Å². The van der Waals surface area contributed by atoms with Crippen LogP contribution < -0.4 is 34.0 Å². The number of nitrogens with one attached hydrogen (secondary N) is 1. The Morgan fingerprint density at radius 2 is 1.43 bits per heavy atom. The fourth-order valence-electron chi connectivity index (χ4n) is 5.51. The number of fused-ring (bicyclic) bond motifs is 1. The number of hydrogen-bond acceptors (Lipinski definition) is 16. The van der Waals surface area contributed by atoms with E-state index in [-0.39, 0.29) is 12.8 Å². The fourth-order valence-corrected chi connectivity index (χ4v) is 5.51. The Morgan fingerprint density at radius 3 is 2.08 bits per heavy atom. The molecule has 0 radical (unpaired) electrons. The number of likely N-dealkylation sites (N-methyl/N-ethyl adjacent to an activating group) is 1.